The van der Waals surface area contributed by atoms with Crippen molar-refractivity contribution in [1.29, 1.82) is 0 Å². The normalized spacial score (nSPS) is 15.4. The minimum Gasteiger partial charge on any atom is -0.327 e. The maximum atomic E-state index is 11.1. The number of nitrogens with two attached hydrogens (primary N) is 1. The number of rotatable bonds is 4. The molecular formula is C6H16N2O2S. The Morgan fingerprint density at radius 3 is 2.18 bits per heavy atom. The smallest absolute Gasteiger partial charge is 0.215 e. The van der Waals surface area contributed by atoms with Gasteiger partial charge in [-0.25, -0.2) is 12.7 Å². The Kier molecular flexibility index (Phi) is 3.99. The molecule has 4 nitrogen and oxygen atoms in total. The fourth-order valence-corrected chi connectivity index (χ4v) is 1.61. The van der Waals surface area contributed by atoms with E-state index in [1.165, 1.54) is 18.4 Å². The Balaban J connectivity index is 4.15. The van der Waals surface area contributed by atoms with Crippen molar-refractivity contribution in [2.75, 3.05) is 19.8 Å². The Hall–Kier alpha value is -0.130. The first kappa shape index (κ1) is 10.9. The fraction of sp³-hybridized carbons (Fsp3) is 1.00. The van der Waals surface area contributed by atoms with Gasteiger partial charge in [0.15, 0.2) is 0 Å². The van der Waals surface area contributed by atoms with Gasteiger partial charge in [-0.05, 0) is 6.42 Å². The summed E-state index contributed by atoms with van der Waals surface area (Å²) in [5.41, 5.74) is 5.49. The van der Waals surface area contributed by atoms with Crippen molar-refractivity contribution in [3.05, 3.63) is 0 Å². The summed E-state index contributed by atoms with van der Waals surface area (Å²) in [6, 6.07) is -0.248. The summed E-state index contributed by atoms with van der Waals surface area (Å²) >= 11 is 0. The lowest BCUT2D eigenvalue weighted by molar-refractivity contribution is 0.512. The van der Waals surface area contributed by atoms with Gasteiger partial charge in [0.1, 0.15) is 0 Å². The van der Waals surface area contributed by atoms with Gasteiger partial charge in [0.25, 0.3) is 0 Å². The molecule has 0 saturated heterocycles. The maximum absolute atomic E-state index is 11.1. The summed E-state index contributed by atoms with van der Waals surface area (Å²) in [4.78, 5) is 0. The van der Waals surface area contributed by atoms with Crippen LogP contribution in [-0.2, 0) is 10.0 Å². The molecule has 0 aliphatic rings. The SMILES string of the molecule is CCC(N)CS(=O)(=O)N(C)C. The summed E-state index contributed by atoms with van der Waals surface area (Å²) < 4.78 is 23.5. The summed E-state index contributed by atoms with van der Waals surface area (Å²) in [7, 11) is -0.0780. The van der Waals surface area contributed by atoms with E-state index >= 15 is 0 Å². The summed E-state index contributed by atoms with van der Waals surface area (Å²) in [6.07, 6.45) is 0.688. The molecule has 11 heavy (non-hydrogen) atoms. The maximum Gasteiger partial charge on any atom is 0.215 e. The molecule has 2 N–H and O–H groups in total. The summed E-state index contributed by atoms with van der Waals surface area (Å²) in [6.45, 7) is 1.87. The minimum absolute atomic E-state index is 0.0382. The molecule has 0 heterocycles. The summed E-state index contributed by atoms with van der Waals surface area (Å²) in [5.74, 6) is 0.0382. The van der Waals surface area contributed by atoms with Gasteiger partial charge >= 0.3 is 0 Å². The van der Waals surface area contributed by atoms with E-state index in [2.05, 4.69) is 0 Å². The molecule has 0 aromatic carbocycles. The largest absolute Gasteiger partial charge is 0.327 e. The van der Waals surface area contributed by atoms with Gasteiger partial charge in [-0.1, -0.05) is 6.92 Å². The van der Waals surface area contributed by atoms with Crippen molar-refractivity contribution in [2.24, 2.45) is 5.73 Å². The molecule has 0 spiro atoms. The highest BCUT2D eigenvalue weighted by molar-refractivity contribution is 7.89. The van der Waals surface area contributed by atoms with Crippen LogP contribution >= 0.6 is 0 Å². The number of hydrogen-bond acceptors (Lipinski definition) is 3. The second-order valence-electron chi connectivity index (χ2n) is 2.73. The van der Waals surface area contributed by atoms with Gasteiger partial charge in [0.2, 0.25) is 10.0 Å². The van der Waals surface area contributed by atoms with Crippen molar-refractivity contribution in [2.45, 2.75) is 19.4 Å². The van der Waals surface area contributed by atoms with E-state index in [9.17, 15) is 8.42 Å². The Morgan fingerprint density at radius 1 is 1.45 bits per heavy atom. The van der Waals surface area contributed by atoms with Crippen LogP contribution in [0.1, 0.15) is 13.3 Å². The molecule has 68 valence electrons. The Morgan fingerprint density at radius 2 is 1.91 bits per heavy atom. The van der Waals surface area contributed by atoms with Gasteiger partial charge in [0.05, 0.1) is 5.75 Å². The lowest BCUT2D eigenvalue weighted by Gasteiger charge is -2.14. The molecule has 0 amide bonds. The predicted octanol–water partition coefficient (Wildman–Crippen LogP) is -0.385. The molecule has 0 radical (unpaired) electrons. The number of sulfonamides is 1. The minimum atomic E-state index is -3.10. The average molecular weight is 180 g/mol. The monoisotopic (exact) mass is 180 g/mol. The topological polar surface area (TPSA) is 63.4 Å². The highest BCUT2D eigenvalue weighted by Crippen LogP contribution is 1.98. The van der Waals surface area contributed by atoms with Crippen molar-refractivity contribution in [3.8, 4) is 0 Å². The van der Waals surface area contributed by atoms with Gasteiger partial charge in [-0.3, -0.25) is 0 Å². The van der Waals surface area contributed by atoms with Crippen LogP contribution in [0.4, 0.5) is 0 Å². The molecule has 0 fully saturated rings. The molecule has 0 rings (SSSR count). The molecule has 0 aliphatic heterocycles. The number of nitrogens with zero attached hydrogens (tertiary/aromatic N) is 1. The van der Waals surface area contributed by atoms with E-state index in [1.807, 2.05) is 6.92 Å². The lowest BCUT2D eigenvalue weighted by Crippen LogP contribution is -2.35. The van der Waals surface area contributed by atoms with Crippen molar-refractivity contribution < 1.29 is 8.42 Å². The predicted molar refractivity (Wildman–Crippen MR) is 45.7 cm³/mol. The van der Waals surface area contributed by atoms with Crippen molar-refractivity contribution >= 4 is 10.0 Å². The van der Waals surface area contributed by atoms with Crippen LogP contribution in [0.15, 0.2) is 0 Å². The quantitative estimate of drug-likeness (QED) is 0.641. The first-order valence-corrected chi connectivity index (χ1v) is 5.17. The number of hydrogen-bond donors (Lipinski definition) is 1. The second-order valence-corrected chi connectivity index (χ2v) is 4.96. The molecule has 0 aliphatic carbocycles. The zero-order valence-electron chi connectivity index (χ0n) is 7.24. The third-order valence-electron chi connectivity index (χ3n) is 1.51. The molecular weight excluding hydrogens is 164 g/mol. The first-order valence-electron chi connectivity index (χ1n) is 3.56. The van der Waals surface area contributed by atoms with Crippen molar-refractivity contribution in [3.63, 3.8) is 0 Å². The molecule has 0 bridgehead atoms. The van der Waals surface area contributed by atoms with Crippen LogP contribution < -0.4 is 5.73 Å². The van der Waals surface area contributed by atoms with Crippen LogP contribution in [0.25, 0.3) is 0 Å². The van der Waals surface area contributed by atoms with E-state index in [4.69, 9.17) is 5.73 Å². The highest BCUT2D eigenvalue weighted by atomic mass is 32.2. The van der Waals surface area contributed by atoms with E-state index in [0.717, 1.165) is 0 Å². The third kappa shape index (κ3) is 3.69. The zero-order chi connectivity index (χ0) is 9.07. The Labute approximate surface area is 68.4 Å². The highest BCUT2D eigenvalue weighted by Gasteiger charge is 2.16. The van der Waals surface area contributed by atoms with Crippen LogP contribution in [0, 0.1) is 0 Å². The molecule has 1 unspecified atom stereocenters. The second kappa shape index (κ2) is 4.04. The first-order chi connectivity index (χ1) is 4.90. The summed E-state index contributed by atoms with van der Waals surface area (Å²) in [5, 5.41) is 0. The van der Waals surface area contributed by atoms with Crippen LogP contribution in [0.5, 0.6) is 0 Å². The fourth-order valence-electron chi connectivity index (χ4n) is 0.537. The third-order valence-corrected chi connectivity index (χ3v) is 3.47. The average Bonchev–Trinajstić information content (AvgIpc) is 1.86. The van der Waals surface area contributed by atoms with Gasteiger partial charge in [-0.2, -0.15) is 0 Å². The van der Waals surface area contributed by atoms with E-state index in [-0.39, 0.29) is 11.8 Å². The van der Waals surface area contributed by atoms with Crippen LogP contribution in [0.2, 0.25) is 0 Å². The molecule has 0 aromatic rings. The van der Waals surface area contributed by atoms with Gasteiger partial charge in [0, 0.05) is 20.1 Å². The van der Waals surface area contributed by atoms with Crippen molar-refractivity contribution in [1.82, 2.24) is 4.31 Å². The van der Waals surface area contributed by atoms with Gasteiger partial charge < -0.3 is 5.73 Å². The van der Waals surface area contributed by atoms with Gasteiger partial charge in [-0.15, -0.1) is 0 Å². The van der Waals surface area contributed by atoms with E-state index < -0.39 is 10.0 Å². The lowest BCUT2D eigenvalue weighted by atomic mass is 10.3. The van der Waals surface area contributed by atoms with E-state index in [1.54, 1.807) is 0 Å². The zero-order valence-corrected chi connectivity index (χ0v) is 8.06. The Bertz CT molecular complexity index is 199. The standard InChI is InChI=1S/C6H16N2O2S/c1-4-6(7)5-11(9,10)8(2)3/h6H,4-5,7H2,1-3H3. The molecule has 0 saturated carbocycles. The van der Waals surface area contributed by atoms with E-state index in [0.29, 0.717) is 6.42 Å². The van der Waals surface area contributed by atoms with Crippen LogP contribution in [-0.4, -0.2) is 38.6 Å². The molecule has 0 aromatic heterocycles. The molecule has 1 atom stereocenters. The van der Waals surface area contributed by atoms with Crippen LogP contribution in [0.3, 0.4) is 0 Å². The molecule has 5 heteroatoms.